The standard InChI is InChI=1S/C22H19BrN2O3S/c1-3-28-22(27)18(13-24)21-25(17-9-7-16(23)8-10-17)20(26)19(29-21)12-15-6-4-5-14(2)11-15/h4-11,19H,3,12H2,1-2H3/b21-18-. The van der Waals surface area contributed by atoms with Gasteiger partial charge >= 0.3 is 5.97 Å². The maximum atomic E-state index is 13.3. The first-order valence-electron chi connectivity index (χ1n) is 9.07. The summed E-state index contributed by atoms with van der Waals surface area (Å²) in [5, 5.41) is 9.50. The number of amides is 1. The monoisotopic (exact) mass is 470 g/mol. The number of carbonyl (C=O) groups excluding carboxylic acids is 2. The molecule has 1 amide bonds. The summed E-state index contributed by atoms with van der Waals surface area (Å²) in [7, 11) is 0. The van der Waals surface area contributed by atoms with E-state index in [1.165, 1.54) is 16.7 Å². The highest BCUT2D eigenvalue weighted by Gasteiger charge is 2.41. The number of thioether (sulfide) groups is 1. The molecule has 3 rings (SSSR count). The molecule has 0 radical (unpaired) electrons. The van der Waals surface area contributed by atoms with Crippen LogP contribution >= 0.6 is 27.7 Å². The van der Waals surface area contributed by atoms with Gasteiger partial charge in [-0.05, 0) is 50.1 Å². The third-order valence-electron chi connectivity index (χ3n) is 4.35. The van der Waals surface area contributed by atoms with E-state index in [9.17, 15) is 14.9 Å². The number of hydrogen-bond acceptors (Lipinski definition) is 5. The molecule has 2 aromatic carbocycles. The highest BCUT2D eigenvalue weighted by Crippen LogP contribution is 2.42. The molecule has 1 heterocycles. The zero-order chi connectivity index (χ0) is 21.0. The normalized spacial score (nSPS) is 17.8. The molecular formula is C22H19BrN2O3S. The van der Waals surface area contributed by atoms with Crippen molar-refractivity contribution >= 4 is 45.3 Å². The minimum Gasteiger partial charge on any atom is -0.462 e. The summed E-state index contributed by atoms with van der Waals surface area (Å²) in [5.41, 5.74) is 2.59. The van der Waals surface area contributed by atoms with Crippen LogP contribution in [0.25, 0.3) is 0 Å². The second-order valence-electron chi connectivity index (χ2n) is 6.46. The summed E-state index contributed by atoms with van der Waals surface area (Å²) in [6.45, 7) is 3.83. The number of esters is 1. The Balaban J connectivity index is 2.03. The fourth-order valence-electron chi connectivity index (χ4n) is 3.05. The van der Waals surface area contributed by atoms with Gasteiger partial charge in [0.2, 0.25) is 5.91 Å². The lowest BCUT2D eigenvalue weighted by molar-refractivity contribution is -0.138. The van der Waals surface area contributed by atoms with Crippen molar-refractivity contribution in [2.75, 3.05) is 11.5 Å². The number of rotatable bonds is 5. The smallest absolute Gasteiger partial charge is 0.351 e. The van der Waals surface area contributed by atoms with Gasteiger partial charge in [-0.1, -0.05) is 57.5 Å². The van der Waals surface area contributed by atoms with Crippen LogP contribution in [0, 0.1) is 18.3 Å². The molecule has 1 unspecified atom stereocenters. The number of halogens is 1. The largest absolute Gasteiger partial charge is 0.462 e. The van der Waals surface area contributed by atoms with E-state index < -0.39 is 11.2 Å². The number of aryl methyl sites for hydroxylation is 1. The van der Waals surface area contributed by atoms with Crippen molar-refractivity contribution in [2.24, 2.45) is 0 Å². The Labute approximate surface area is 182 Å². The first-order chi connectivity index (χ1) is 13.9. The average Bonchev–Trinajstić information content (AvgIpc) is 2.99. The first-order valence-corrected chi connectivity index (χ1v) is 10.7. The molecule has 0 bridgehead atoms. The van der Waals surface area contributed by atoms with E-state index in [1.54, 1.807) is 19.1 Å². The maximum absolute atomic E-state index is 13.3. The molecule has 1 atom stereocenters. The Hall–Kier alpha value is -2.56. The number of ether oxygens (including phenoxy) is 1. The predicted molar refractivity (Wildman–Crippen MR) is 117 cm³/mol. The van der Waals surface area contributed by atoms with Crippen LogP contribution in [0.1, 0.15) is 18.1 Å². The first kappa shape index (κ1) is 21.2. The molecule has 148 valence electrons. The van der Waals surface area contributed by atoms with Crippen molar-refractivity contribution in [1.29, 1.82) is 5.26 Å². The summed E-state index contributed by atoms with van der Waals surface area (Å²) >= 11 is 4.62. The molecule has 5 nitrogen and oxygen atoms in total. The van der Waals surface area contributed by atoms with Crippen molar-refractivity contribution in [3.63, 3.8) is 0 Å². The Morgan fingerprint density at radius 1 is 1.28 bits per heavy atom. The van der Waals surface area contributed by atoms with Gasteiger partial charge in [-0.3, -0.25) is 9.69 Å². The van der Waals surface area contributed by atoms with Gasteiger partial charge in [-0.2, -0.15) is 5.26 Å². The number of anilines is 1. The molecule has 0 aromatic heterocycles. The molecule has 1 aliphatic heterocycles. The summed E-state index contributed by atoms with van der Waals surface area (Å²) in [5.74, 6) is -0.880. The van der Waals surface area contributed by atoms with Crippen LogP contribution in [0.15, 0.2) is 63.6 Å². The minimum atomic E-state index is -0.719. The average molecular weight is 471 g/mol. The molecule has 0 saturated carbocycles. The molecule has 1 aliphatic rings. The predicted octanol–water partition coefficient (Wildman–Crippen LogP) is 4.75. The van der Waals surface area contributed by atoms with Gasteiger partial charge in [0.15, 0.2) is 5.57 Å². The van der Waals surface area contributed by atoms with E-state index in [2.05, 4.69) is 15.9 Å². The van der Waals surface area contributed by atoms with Crippen molar-refractivity contribution in [2.45, 2.75) is 25.5 Å². The lowest BCUT2D eigenvalue weighted by Crippen LogP contribution is -2.30. The van der Waals surface area contributed by atoms with E-state index >= 15 is 0 Å². The van der Waals surface area contributed by atoms with Crippen LogP contribution in [-0.2, 0) is 20.7 Å². The Morgan fingerprint density at radius 3 is 2.62 bits per heavy atom. The maximum Gasteiger partial charge on any atom is 0.351 e. The molecule has 2 aromatic rings. The van der Waals surface area contributed by atoms with E-state index in [1.807, 2.05) is 49.4 Å². The van der Waals surface area contributed by atoms with Crippen LogP contribution in [0.4, 0.5) is 5.69 Å². The Morgan fingerprint density at radius 2 is 2.00 bits per heavy atom. The Bertz CT molecular complexity index is 1010. The molecule has 1 fully saturated rings. The highest BCUT2D eigenvalue weighted by atomic mass is 79.9. The molecule has 0 spiro atoms. The van der Waals surface area contributed by atoms with E-state index in [-0.39, 0.29) is 18.1 Å². The summed E-state index contributed by atoms with van der Waals surface area (Å²) in [6, 6.07) is 17.1. The quantitative estimate of drug-likeness (QED) is 0.358. The number of hydrogen-bond donors (Lipinski definition) is 0. The molecule has 0 N–H and O–H groups in total. The summed E-state index contributed by atoms with van der Waals surface area (Å²) in [4.78, 5) is 27.1. The van der Waals surface area contributed by atoms with Crippen LogP contribution in [0.3, 0.4) is 0 Å². The highest BCUT2D eigenvalue weighted by molar-refractivity contribution is 9.10. The van der Waals surface area contributed by atoms with Gasteiger partial charge in [0.1, 0.15) is 11.1 Å². The second kappa shape index (κ2) is 9.29. The third kappa shape index (κ3) is 4.72. The lowest BCUT2D eigenvalue weighted by Gasteiger charge is -2.18. The Kier molecular flexibility index (Phi) is 6.78. The molecule has 0 aliphatic carbocycles. The fourth-order valence-corrected chi connectivity index (χ4v) is 4.62. The van der Waals surface area contributed by atoms with Gasteiger partial charge in [0, 0.05) is 10.2 Å². The van der Waals surface area contributed by atoms with E-state index in [4.69, 9.17) is 4.74 Å². The van der Waals surface area contributed by atoms with Gasteiger partial charge in [-0.25, -0.2) is 4.79 Å². The van der Waals surface area contributed by atoms with Crippen LogP contribution in [0.5, 0.6) is 0 Å². The number of nitrogens with zero attached hydrogens (tertiary/aromatic N) is 2. The molecular weight excluding hydrogens is 452 g/mol. The summed E-state index contributed by atoms with van der Waals surface area (Å²) in [6.07, 6.45) is 0.503. The van der Waals surface area contributed by atoms with Crippen molar-refractivity contribution in [3.8, 4) is 6.07 Å². The summed E-state index contributed by atoms with van der Waals surface area (Å²) < 4.78 is 5.91. The third-order valence-corrected chi connectivity index (χ3v) is 6.14. The topological polar surface area (TPSA) is 70.4 Å². The van der Waals surface area contributed by atoms with Gasteiger partial charge < -0.3 is 4.74 Å². The van der Waals surface area contributed by atoms with Crippen molar-refractivity contribution in [3.05, 3.63) is 74.7 Å². The second-order valence-corrected chi connectivity index (χ2v) is 8.57. The lowest BCUT2D eigenvalue weighted by atomic mass is 10.1. The number of benzene rings is 2. The number of carbonyl (C=O) groups is 2. The van der Waals surface area contributed by atoms with Crippen LogP contribution in [0.2, 0.25) is 0 Å². The van der Waals surface area contributed by atoms with Gasteiger partial charge in [0.25, 0.3) is 0 Å². The van der Waals surface area contributed by atoms with E-state index in [0.29, 0.717) is 17.1 Å². The molecule has 29 heavy (non-hydrogen) atoms. The van der Waals surface area contributed by atoms with Crippen molar-refractivity contribution in [1.82, 2.24) is 0 Å². The number of nitriles is 1. The zero-order valence-corrected chi connectivity index (χ0v) is 18.4. The van der Waals surface area contributed by atoms with E-state index in [0.717, 1.165) is 15.6 Å². The SMILES string of the molecule is CCOC(=O)/C(C#N)=C1\SC(Cc2cccc(C)c2)C(=O)N1c1ccc(Br)cc1. The molecule has 1 saturated heterocycles. The van der Waals surface area contributed by atoms with Gasteiger partial charge in [-0.15, -0.1) is 0 Å². The molecule has 7 heteroatoms. The van der Waals surface area contributed by atoms with Gasteiger partial charge in [0.05, 0.1) is 11.9 Å². The fraction of sp³-hybridized carbons (Fsp3) is 0.227. The zero-order valence-electron chi connectivity index (χ0n) is 16.0. The van der Waals surface area contributed by atoms with Crippen molar-refractivity contribution < 1.29 is 14.3 Å². The van der Waals surface area contributed by atoms with Crippen LogP contribution in [-0.4, -0.2) is 23.7 Å². The minimum absolute atomic E-state index is 0.153. The van der Waals surface area contributed by atoms with Crippen LogP contribution < -0.4 is 4.90 Å².